The minimum absolute atomic E-state index is 0.275. The fourth-order valence-corrected chi connectivity index (χ4v) is 1.75. The molecule has 1 unspecified atom stereocenters. The number of rotatable bonds is 4. The van der Waals surface area contributed by atoms with Gasteiger partial charge < -0.3 is 10.4 Å². The van der Waals surface area contributed by atoms with Crippen LogP contribution in [-0.2, 0) is 0 Å². The molecule has 0 aliphatic heterocycles. The van der Waals surface area contributed by atoms with E-state index in [1.54, 1.807) is 6.92 Å². The number of hydrogen-bond acceptors (Lipinski definition) is 3. The van der Waals surface area contributed by atoms with Gasteiger partial charge >= 0.3 is 5.97 Å². The Morgan fingerprint density at radius 1 is 1.30 bits per heavy atom. The van der Waals surface area contributed by atoms with E-state index in [4.69, 9.17) is 5.11 Å². The number of halogens is 2. The van der Waals surface area contributed by atoms with Gasteiger partial charge in [0.25, 0.3) is 0 Å². The minimum atomic E-state index is -1.33. The summed E-state index contributed by atoms with van der Waals surface area (Å²) in [4.78, 5) is 14.8. The third kappa shape index (κ3) is 3.09. The first kappa shape index (κ1) is 13.9. The zero-order chi connectivity index (χ0) is 14.7. The van der Waals surface area contributed by atoms with E-state index < -0.39 is 23.2 Å². The van der Waals surface area contributed by atoms with Crippen LogP contribution >= 0.6 is 0 Å². The van der Waals surface area contributed by atoms with Crippen molar-refractivity contribution < 1.29 is 18.7 Å². The van der Waals surface area contributed by atoms with Crippen molar-refractivity contribution in [3.05, 3.63) is 59.4 Å². The van der Waals surface area contributed by atoms with E-state index in [0.29, 0.717) is 11.4 Å². The summed E-state index contributed by atoms with van der Waals surface area (Å²) >= 11 is 0. The molecule has 0 spiro atoms. The summed E-state index contributed by atoms with van der Waals surface area (Å²) < 4.78 is 26.0. The predicted molar refractivity (Wildman–Crippen MR) is 69.6 cm³/mol. The zero-order valence-corrected chi connectivity index (χ0v) is 10.6. The molecule has 0 aliphatic rings. The van der Waals surface area contributed by atoms with Gasteiger partial charge in [-0.15, -0.1) is 0 Å². The van der Waals surface area contributed by atoms with E-state index in [-0.39, 0.29) is 6.04 Å². The number of aromatic nitrogens is 1. The number of benzene rings is 1. The number of pyridine rings is 1. The molecule has 1 aromatic carbocycles. The lowest BCUT2D eigenvalue weighted by Gasteiger charge is -2.15. The van der Waals surface area contributed by atoms with Gasteiger partial charge in [-0.2, -0.15) is 0 Å². The topological polar surface area (TPSA) is 62.2 Å². The van der Waals surface area contributed by atoms with Crippen molar-refractivity contribution in [1.82, 2.24) is 4.98 Å². The van der Waals surface area contributed by atoms with Gasteiger partial charge in [-0.05, 0) is 37.3 Å². The summed E-state index contributed by atoms with van der Waals surface area (Å²) in [6, 6.07) is 6.25. The van der Waals surface area contributed by atoms with E-state index in [1.165, 1.54) is 24.3 Å². The second-order valence-electron chi connectivity index (χ2n) is 4.27. The molecule has 0 aliphatic carbocycles. The van der Waals surface area contributed by atoms with Crippen LogP contribution in [0.1, 0.15) is 29.0 Å². The summed E-state index contributed by atoms with van der Waals surface area (Å²) in [5.74, 6) is -2.56. The molecule has 0 amide bonds. The number of aromatic carboxylic acids is 1. The molecule has 2 aromatic rings. The molecular formula is C14H12F2N2O2. The molecule has 0 saturated heterocycles. The normalized spacial score (nSPS) is 11.9. The van der Waals surface area contributed by atoms with Crippen molar-refractivity contribution in [1.29, 1.82) is 0 Å². The van der Waals surface area contributed by atoms with Gasteiger partial charge in [0, 0.05) is 5.69 Å². The van der Waals surface area contributed by atoms with Gasteiger partial charge in [0.2, 0.25) is 0 Å². The quantitative estimate of drug-likeness (QED) is 0.901. The summed E-state index contributed by atoms with van der Waals surface area (Å²) in [5, 5.41) is 11.8. The highest BCUT2D eigenvalue weighted by Crippen LogP contribution is 2.20. The van der Waals surface area contributed by atoms with E-state index in [0.717, 1.165) is 12.3 Å². The van der Waals surface area contributed by atoms with Crippen molar-refractivity contribution >= 4 is 11.7 Å². The molecule has 6 heteroatoms. The van der Waals surface area contributed by atoms with Gasteiger partial charge in [-0.25, -0.2) is 13.6 Å². The van der Waals surface area contributed by atoms with E-state index in [1.807, 2.05) is 0 Å². The zero-order valence-electron chi connectivity index (χ0n) is 10.6. The van der Waals surface area contributed by atoms with Crippen LogP contribution < -0.4 is 5.32 Å². The summed E-state index contributed by atoms with van der Waals surface area (Å²) in [6.45, 7) is 1.78. The number of nitrogens with one attached hydrogen (secondary N) is 1. The van der Waals surface area contributed by atoms with Crippen LogP contribution in [0.15, 0.2) is 36.5 Å². The number of carboxylic acid groups (broad SMARTS) is 1. The van der Waals surface area contributed by atoms with Crippen LogP contribution in [0.3, 0.4) is 0 Å². The third-order valence-electron chi connectivity index (χ3n) is 2.77. The van der Waals surface area contributed by atoms with E-state index in [2.05, 4.69) is 10.3 Å². The molecule has 0 radical (unpaired) electrons. The highest BCUT2D eigenvalue weighted by Gasteiger charge is 2.13. The van der Waals surface area contributed by atoms with Crippen LogP contribution in [0, 0.1) is 11.6 Å². The summed E-state index contributed by atoms with van der Waals surface area (Å²) in [5.41, 5.74) is 0.629. The van der Waals surface area contributed by atoms with Gasteiger partial charge in [0.15, 0.2) is 0 Å². The lowest BCUT2D eigenvalue weighted by atomic mass is 10.1. The molecule has 1 heterocycles. The maximum Gasteiger partial charge on any atom is 0.338 e. The molecule has 104 valence electrons. The molecule has 0 fully saturated rings. The SMILES string of the molecule is CC(Nc1ccc(F)c(C(=O)O)c1)c1ccc(F)cn1. The number of nitrogens with zero attached hydrogens (tertiary/aromatic N) is 1. The van der Waals surface area contributed by atoms with E-state index in [9.17, 15) is 13.6 Å². The maximum atomic E-state index is 13.3. The third-order valence-corrected chi connectivity index (χ3v) is 2.77. The summed E-state index contributed by atoms with van der Waals surface area (Å²) in [6.07, 6.45) is 1.10. The number of carbonyl (C=O) groups is 1. The van der Waals surface area contributed by atoms with Crippen molar-refractivity contribution in [2.24, 2.45) is 0 Å². The van der Waals surface area contributed by atoms with Crippen LogP contribution in [0.4, 0.5) is 14.5 Å². The maximum absolute atomic E-state index is 13.3. The Hall–Kier alpha value is -2.50. The highest BCUT2D eigenvalue weighted by atomic mass is 19.1. The largest absolute Gasteiger partial charge is 0.478 e. The molecule has 2 rings (SSSR count). The molecule has 1 atom stereocenters. The first-order chi connectivity index (χ1) is 9.47. The van der Waals surface area contributed by atoms with Crippen LogP contribution in [-0.4, -0.2) is 16.1 Å². The number of carboxylic acids is 1. The molecule has 0 saturated carbocycles. The first-order valence-corrected chi connectivity index (χ1v) is 5.88. The average molecular weight is 278 g/mol. The Balaban J connectivity index is 2.19. The van der Waals surface area contributed by atoms with Crippen LogP contribution in [0.5, 0.6) is 0 Å². The molecule has 0 bridgehead atoms. The average Bonchev–Trinajstić information content (AvgIpc) is 2.41. The van der Waals surface area contributed by atoms with Crippen LogP contribution in [0.2, 0.25) is 0 Å². The molecular weight excluding hydrogens is 266 g/mol. The molecule has 4 nitrogen and oxygen atoms in total. The monoisotopic (exact) mass is 278 g/mol. The van der Waals surface area contributed by atoms with Gasteiger partial charge in [0.05, 0.1) is 23.5 Å². The molecule has 1 aromatic heterocycles. The standard InChI is InChI=1S/C14H12F2N2O2/c1-8(13-5-2-9(15)7-17-13)18-10-3-4-12(16)11(6-10)14(19)20/h2-8,18H,1H3,(H,19,20). The smallest absolute Gasteiger partial charge is 0.338 e. The van der Waals surface area contributed by atoms with Crippen molar-refractivity contribution in [2.75, 3.05) is 5.32 Å². The van der Waals surface area contributed by atoms with Gasteiger partial charge in [-0.1, -0.05) is 0 Å². The highest BCUT2D eigenvalue weighted by molar-refractivity contribution is 5.89. The number of hydrogen-bond donors (Lipinski definition) is 2. The second-order valence-corrected chi connectivity index (χ2v) is 4.27. The lowest BCUT2D eigenvalue weighted by Crippen LogP contribution is -2.10. The first-order valence-electron chi connectivity index (χ1n) is 5.88. The summed E-state index contributed by atoms with van der Waals surface area (Å²) in [7, 11) is 0. The van der Waals surface area contributed by atoms with Crippen molar-refractivity contribution in [3.63, 3.8) is 0 Å². The Bertz CT molecular complexity index is 630. The van der Waals surface area contributed by atoms with Crippen LogP contribution in [0.25, 0.3) is 0 Å². The van der Waals surface area contributed by atoms with Gasteiger partial charge in [0.1, 0.15) is 11.6 Å². The Morgan fingerprint density at radius 2 is 2.05 bits per heavy atom. The minimum Gasteiger partial charge on any atom is -0.478 e. The predicted octanol–water partition coefficient (Wildman–Crippen LogP) is 3.23. The van der Waals surface area contributed by atoms with E-state index >= 15 is 0 Å². The Kier molecular flexibility index (Phi) is 3.93. The fourth-order valence-electron chi connectivity index (χ4n) is 1.75. The van der Waals surface area contributed by atoms with Gasteiger partial charge in [-0.3, -0.25) is 4.98 Å². The van der Waals surface area contributed by atoms with Crippen molar-refractivity contribution in [2.45, 2.75) is 13.0 Å². The second kappa shape index (κ2) is 5.64. The molecule has 2 N–H and O–H groups in total. The van der Waals surface area contributed by atoms with Crippen molar-refractivity contribution in [3.8, 4) is 0 Å². The lowest BCUT2D eigenvalue weighted by molar-refractivity contribution is 0.0692. The molecule has 20 heavy (non-hydrogen) atoms. The fraction of sp³-hybridized carbons (Fsp3) is 0.143. The Morgan fingerprint density at radius 3 is 2.65 bits per heavy atom. The Labute approximate surface area is 114 Å². The number of anilines is 1.